The van der Waals surface area contributed by atoms with E-state index in [0.717, 1.165) is 27.6 Å². The maximum Gasteiger partial charge on any atom is 0.259 e. The van der Waals surface area contributed by atoms with Crippen molar-refractivity contribution in [3.05, 3.63) is 68.8 Å². The van der Waals surface area contributed by atoms with Crippen LogP contribution in [0.2, 0.25) is 0 Å². The van der Waals surface area contributed by atoms with Crippen molar-refractivity contribution in [2.75, 3.05) is 12.4 Å². The zero-order valence-corrected chi connectivity index (χ0v) is 16.0. The van der Waals surface area contributed by atoms with E-state index in [9.17, 15) is 4.79 Å². The van der Waals surface area contributed by atoms with Gasteiger partial charge in [0.25, 0.3) is 5.91 Å². The summed E-state index contributed by atoms with van der Waals surface area (Å²) in [7, 11) is 1.58. The molecule has 0 radical (unpaired) electrons. The smallest absolute Gasteiger partial charge is 0.259 e. The van der Waals surface area contributed by atoms with Crippen molar-refractivity contribution < 1.29 is 9.53 Å². The number of methoxy groups -OCH3 is 1. The number of benzene rings is 3. The first-order valence-electron chi connectivity index (χ1n) is 7.64. The summed E-state index contributed by atoms with van der Waals surface area (Å²) in [6.07, 6.45) is 0. The van der Waals surface area contributed by atoms with Crippen molar-refractivity contribution in [1.29, 1.82) is 0 Å². The van der Waals surface area contributed by atoms with Gasteiger partial charge in [0.15, 0.2) is 0 Å². The molecule has 4 heteroatoms. The number of anilines is 1. The molecular weight excluding hydrogens is 413 g/mol. The van der Waals surface area contributed by atoms with Crippen molar-refractivity contribution >= 4 is 45.0 Å². The molecule has 3 rings (SSSR count). The molecule has 0 saturated heterocycles. The van der Waals surface area contributed by atoms with E-state index >= 15 is 0 Å². The number of fused-ring (bicyclic) bond motifs is 1. The third kappa shape index (κ3) is 3.24. The second-order valence-corrected chi connectivity index (χ2v) is 6.86. The van der Waals surface area contributed by atoms with E-state index in [-0.39, 0.29) is 5.91 Å². The van der Waals surface area contributed by atoms with Crippen LogP contribution in [0.5, 0.6) is 5.75 Å². The molecular formula is C20H18INO2. The summed E-state index contributed by atoms with van der Waals surface area (Å²) >= 11 is 2.32. The number of carbonyl (C=O) groups excluding carboxylic acids is 1. The van der Waals surface area contributed by atoms with Crippen LogP contribution in [0.1, 0.15) is 21.5 Å². The fourth-order valence-electron chi connectivity index (χ4n) is 2.78. The molecule has 3 nitrogen and oxygen atoms in total. The van der Waals surface area contributed by atoms with E-state index in [0.29, 0.717) is 11.3 Å². The first kappa shape index (κ1) is 16.8. The highest BCUT2D eigenvalue weighted by Crippen LogP contribution is 2.27. The van der Waals surface area contributed by atoms with Crippen molar-refractivity contribution in [3.63, 3.8) is 0 Å². The van der Waals surface area contributed by atoms with E-state index in [1.54, 1.807) is 7.11 Å². The number of rotatable bonds is 3. The highest BCUT2D eigenvalue weighted by atomic mass is 127. The zero-order valence-electron chi connectivity index (χ0n) is 13.8. The topological polar surface area (TPSA) is 38.3 Å². The summed E-state index contributed by atoms with van der Waals surface area (Å²) in [5, 5.41) is 5.04. The lowest BCUT2D eigenvalue weighted by Gasteiger charge is -2.13. The highest BCUT2D eigenvalue weighted by molar-refractivity contribution is 14.1. The molecule has 24 heavy (non-hydrogen) atoms. The van der Waals surface area contributed by atoms with E-state index in [2.05, 4.69) is 27.9 Å². The Bertz CT molecular complexity index is 911. The maximum absolute atomic E-state index is 12.8. The Kier molecular flexibility index (Phi) is 4.76. The van der Waals surface area contributed by atoms with Crippen molar-refractivity contribution in [2.24, 2.45) is 0 Å². The largest absolute Gasteiger partial charge is 0.496 e. The Labute approximate surface area is 155 Å². The van der Waals surface area contributed by atoms with Crippen LogP contribution in [0.15, 0.2) is 48.5 Å². The molecule has 0 aliphatic heterocycles. The van der Waals surface area contributed by atoms with Gasteiger partial charge in [0.05, 0.1) is 12.7 Å². The minimum absolute atomic E-state index is 0.169. The van der Waals surface area contributed by atoms with Crippen molar-refractivity contribution in [2.45, 2.75) is 13.8 Å². The van der Waals surface area contributed by atoms with Crippen LogP contribution in [-0.4, -0.2) is 13.0 Å². The SMILES string of the molecule is COc1cc2ccccc2cc1C(=O)Nc1cc(C)c(I)c(C)c1. The van der Waals surface area contributed by atoms with Gasteiger partial charge in [-0.3, -0.25) is 4.79 Å². The molecule has 122 valence electrons. The third-order valence-corrected chi connectivity index (χ3v) is 5.71. The van der Waals surface area contributed by atoms with Gasteiger partial charge in [-0.25, -0.2) is 0 Å². The van der Waals surface area contributed by atoms with Crippen molar-refractivity contribution in [3.8, 4) is 5.75 Å². The second kappa shape index (κ2) is 6.81. The van der Waals surface area contributed by atoms with Crippen LogP contribution >= 0.6 is 22.6 Å². The average Bonchev–Trinajstić information content (AvgIpc) is 2.58. The predicted octanol–water partition coefficient (Wildman–Crippen LogP) is 5.32. The number of nitrogens with one attached hydrogen (secondary N) is 1. The second-order valence-electron chi connectivity index (χ2n) is 5.78. The molecule has 0 spiro atoms. The summed E-state index contributed by atoms with van der Waals surface area (Å²) in [5.74, 6) is 0.405. The van der Waals surface area contributed by atoms with Crippen LogP contribution in [0.4, 0.5) is 5.69 Å². The number of halogens is 1. The molecule has 0 unspecified atom stereocenters. The minimum Gasteiger partial charge on any atom is -0.496 e. The van der Waals surface area contributed by atoms with E-state index in [1.165, 1.54) is 3.57 Å². The summed E-state index contributed by atoms with van der Waals surface area (Å²) in [6.45, 7) is 4.09. The van der Waals surface area contributed by atoms with Crippen LogP contribution in [0, 0.1) is 17.4 Å². The molecule has 0 aliphatic rings. The molecule has 1 N–H and O–H groups in total. The van der Waals surface area contributed by atoms with Gasteiger partial charge in [-0.05, 0) is 82.6 Å². The minimum atomic E-state index is -0.169. The summed E-state index contributed by atoms with van der Waals surface area (Å²) < 4.78 is 6.63. The zero-order chi connectivity index (χ0) is 17.3. The molecule has 0 aliphatic carbocycles. The van der Waals surface area contributed by atoms with Crippen molar-refractivity contribution in [1.82, 2.24) is 0 Å². The summed E-state index contributed by atoms with van der Waals surface area (Å²) in [5.41, 5.74) is 3.63. The van der Waals surface area contributed by atoms with Crippen LogP contribution < -0.4 is 10.1 Å². The molecule has 3 aromatic rings. The Morgan fingerprint density at radius 2 is 1.58 bits per heavy atom. The van der Waals surface area contributed by atoms with Gasteiger partial charge in [-0.2, -0.15) is 0 Å². The molecule has 0 bridgehead atoms. The lowest BCUT2D eigenvalue weighted by atomic mass is 10.0. The van der Waals surface area contributed by atoms with Gasteiger partial charge < -0.3 is 10.1 Å². The Balaban J connectivity index is 1.99. The normalized spacial score (nSPS) is 10.7. The number of hydrogen-bond donors (Lipinski definition) is 1. The number of aryl methyl sites for hydroxylation is 2. The summed E-state index contributed by atoms with van der Waals surface area (Å²) in [4.78, 5) is 12.8. The monoisotopic (exact) mass is 431 g/mol. The number of amides is 1. The Morgan fingerprint density at radius 3 is 2.17 bits per heavy atom. The number of hydrogen-bond acceptors (Lipinski definition) is 2. The fourth-order valence-corrected chi connectivity index (χ4v) is 3.09. The molecule has 0 heterocycles. The standard InChI is InChI=1S/C20H18INO2/c1-12-8-16(9-13(2)19(12)21)22-20(23)17-10-14-6-4-5-7-15(14)11-18(17)24-3/h4-11H,1-3H3,(H,22,23). The van der Waals surface area contributed by atoms with Gasteiger partial charge in [-0.15, -0.1) is 0 Å². The van der Waals surface area contributed by atoms with Gasteiger partial charge >= 0.3 is 0 Å². The van der Waals surface area contributed by atoms with Gasteiger partial charge in [0, 0.05) is 9.26 Å². The van der Waals surface area contributed by atoms with Crippen LogP contribution in [0.25, 0.3) is 10.8 Å². The highest BCUT2D eigenvalue weighted by Gasteiger charge is 2.14. The van der Waals surface area contributed by atoms with Gasteiger partial charge in [-0.1, -0.05) is 24.3 Å². The Hall–Kier alpha value is -2.08. The lowest BCUT2D eigenvalue weighted by Crippen LogP contribution is -2.13. The first-order chi connectivity index (χ1) is 11.5. The van der Waals surface area contributed by atoms with Crippen LogP contribution in [0.3, 0.4) is 0 Å². The van der Waals surface area contributed by atoms with Crippen LogP contribution in [-0.2, 0) is 0 Å². The number of ether oxygens (including phenoxy) is 1. The van der Waals surface area contributed by atoms with Gasteiger partial charge in [0.1, 0.15) is 5.75 Å². The average molecular weight is 431 g/mol. The Morgan fingerprint density at radius 1 is 1.00 bits per heavy atom. The molecule has 0 aromatic heterocycles. The first-order valence-corrected chi connectivity index (χ1v) is 8.72. The maximum atomic E-state index is 12.8. The third-order valence-electron chi connectivity index (χ3n) is 4.01. The van der Waals surface area contributed by atoms with E-state index in [4.69, 9.17) is 4.74 Å². The quantitative estimate of drug-likeness (QED) is 0.570. The molecule has 0 atom stereocenters. The predicted molar refractivity (Wildman–Crippen MR) is 107 cm³/mol. The summed E-state index contributed by atoms with van der Waals surface area (Å²) in [6, 6.07) is 15.7. The van der Waals surface area contributed by atoms with Gasteiger partial charge in [0.2, 0.25) is 0 Å². The number of carbonyl (C=O) groups is 1. The van der Waals surface area contributed by atoms with E-state index < -0.39 is 0 Å². The fraction of sp³-hybridized carbons (Fsp3) is 0.150. The van der Waals surface area contributed by atoms with E-state index in [1.807, 2.05) is 62.4 Å². The molecule has 3 aromatic carbocycles. The molecule has 1 amide bonds. The molecule has 0 saturated carbocycles. The molecule has 0 fully saturated rings. The lowest BCUT2D eigenvalue weighted by molar-refractivity contribution is 0.102.